The van der Waals surface area contributed by atoms with Crippen LogP contribution < -0.4 is 9.47 Å². The molecule has 0 amide bonds. The smallest absolute Gasteiger partial charge is 0.168 e. The van der Waals surface area contributed by atoms with Crippen molar-refractivity contribution in [3.63, 3.8) is 0 Å². The second kappa shape index (κ2) is 8.10. The molecule has 24 heavy (non-hydrogen) atoms. The summed E-state index contributed by atoms with van der Waals surface area (Å²) >= 11 is 12.1. The zero-order valence-corrected chi connectivity index (χ0v) is 15.2. The molecular formula is C19H17Cl2NO2. The van der Waals surface area contributed by atoms with Gasteiger partial charge in [-0.3, -0.25) is 0 Å². The van der Waals surface area contributed by atoms with Gasteiger partial charge in [0.15, 0.2) is 11.5 Å². The second-order valence-electron chi connectivity index (χ2n) is 5.34. The summed E-state index contributed by atoms with van der Waals surface area (Å²) < 4.78 is 11.2. The molecule has 0 unspecified atom stereocenters. The summed E-state index contributed by atoms with van der Waals surface area (Å²) in [5.74, 6) is 1.20. The van der Waals surface area contributed by atoms with Crippen LogP contribution in [0.5, 0.6) is 11.5 Å². The highest BCUT2D eigenvalue weighted by molar-refractivity contribution is 6.36. The Labute approximate surface area is 152 Å². The fraction of sp³-hybridized carbons (Fsp3) is 0.211. The van der Waals surface area contributed by atoms with Crippen LogP contribution in [0.4, 0.5) is 0 Å². The molecule has 0 saturated carbocycles. The number of hydrogen-bond donors (Lipinski definition) is 0. The number of halogens is 2. The molecule has 0 N–H and O–H groups in total. The molecule has 0 radical (unpaired) electrons. The molecule has 2 aromatic rings. The third-order valence-electron chi connectivity index (χ3n) is 3.22. The van der Waals surface area contributed by atoms with Gasteiger partial charge in [-0.2, -0.15) is 5.26 Å². The van der Waals surface area contributed by atoms with Gasteiger partial charge in [0.1, 0.15) is 0 Å². The molecular weight excluding hydrogens is 345 g/mol. The van der Waals surface area contributed by atoms with Crippen LogP contribution in [-0.2, 0) is 0 Å². The Balaban J connectivity index is 2.57. The van der Waals surface area contributed by atoms with Crippen molar-refractivity contribution in [2.45, 2.75) is 20.0 Å². The van der Waals surface area contributed by atoms with Gasteiger partial charge in [-0.1, -0.05) is 41.4 Å². The van der Waals surface area contributed by atoms with Crippen molar-refractivity contribution in [1.82, 2.24) is 0 Å². The summed E-state index contributed by atoms with van der Waals surface area (Å²) in [7, 11) is 1.58. The van der Waals surface area contributed by atoms with E-state index in [1.807, 2.05) is 32.0 Å². The number of methoxy groups -OCH3 is 1. The van der Waals surface area contributed by atoms with Crippen LogP contribution >= 0.6 is 23.2 Å². The number of nitriles is 1. The Morgan fingerprint density at radius 1 is 1.21 bits per heavy atom. The number of rotatable bonds is 5. The van der Waals surface area contributed by atoms with E-state index in [0.29, 0.717) is 32.7 Å². The lowest BCUT2D eigenvalue weighted by Crippen LogP contribution is -2.08. The van der Waals surface area contributed by atoms with Crippen molar-refractivity contribution >= 4 is 34.9 Å². The van der Waals surface area contributed by atoms with E-state index in [1.165, 1.54) is 0 Å². The summed E-state index contributed by atoms with van der Waals surface area (Å²) in [6, 6.07) is 12.7. The highest BCUT2D eigenvalue weighted by Crippen LogP contribution is 2.35. The largest absolute Gasteiger partial charge is 0.493 e. The summed E-state index contributed by atoms with van der Waals surface area (Å²) in [4.78, 5) is 0. The molecule has 0 heterocycles. The molecule has 0 atom stereocenters. The number of hydrogen-bond acceptors (Lipinski definition) is 3. The first kappa shape index (κ1) is 18.2. The van der Waals surface area contributed by atoms with Crippen molar-refractivity contribution in [3.05, 3.63) is 57.6 Å². The van der Waals surface area contributed by atoms with Crippen LogP contribution in [-0.4, -0.2) is 13.2 Å². The summed E-state index contributed by atoms with van der Waals surface area (Å²) in [6.07, 6.45) is 1.70. The van der Waals surface area contributed by atoms with E-state index < -0.39 is 0 Å². The van der Waals surface area contributed by atoms with Crippen LogP contribution in [0, 0.1) is 11.3 Å². The first-order chi connectivity index (χ1) is 11.5. The van der Waals surface area contributed by atoms with E-state index in [9.17, 15) is 5.26 Å². The molecule has 2 aromatic carbocycles. The number of benzene rings is 2. The number of para-hydroxylation sites is 1. The maximum atomic E-state index is 9.55. The Kier molecular flexibility index (Phi) is 6.14. The lowest BCUT2D eigenvalue weighted by atomic mass is 10.0. The van der Waals surface area contributed by atoms with Crippen LogP contribution in [0.2, 0.25) is 10.0 Å². The van der Waals surface area contributed by atoms with E-state index in [2.05, 4.69) is 6.07 Å². The minimum atomic E-state index is -0.0295. The van der Waals surface area contributed by atoms with Gasteiger partial charge >= 0.3 is 0 Å². The Morgan fingerprint density at radius 2 is 1.96 bits per heavy atom. The summed E-state index contributed by atoms with van der Waals surface area (Å²) in [5, 5.41) is 10.5. The molecule has 124 valence electrons. The quantitative estimate of drug-likeness (QED) is 0.495. The Bertz CT molecular complexity index is 807. The van der Waals surface area contributed by atoms with E-state index >= 15 is 0 Å². The van der Waals surface area contributed by atoms with E-state index in [0.717, 1.165) is 5.56 Å². The fourth-order valence-corrected chi connectivity index (χ4v) is 2.71. The standard InChI is InChI=1S/C19H17Cl2NO2/c1-12(2)24-19-13(5-4-6-18(19)23-3)9-14(11-22)16-8-7-15(20)10-17(16)21/h4-10,12H,1-3H3/b14-9-. The van der Waals surface area contributed by atoms with Crippen molar-refractivity contribution in [2.75, 3.05) is 7.11 Å². The summed E-state index contributed by atoms with van der Waals surface area (Å²) in [6.45, 7) is 3.86. The second-order valence-corrected chi connectivity index (χ2v) is 6.18. The minimum Gasteiger partial charge on any atom is -0.493 e. The zero-order chi connectivity index (χ0) is 17.7. The maximum absolute atomic E-state index is 9.55. The van der Waals surface area contributed by atoms with Crippen LogP contribution in [0.1, 0.15) is 25.0 Å². The third kappa shape index (κ3) is 4.23. The van der Waals surface area contributed by atoms with Gasteiger partial charge in [0.25, 0.3) is 0 Å². The number of nitrogens with zero attached hydrogens (tertiary/aromatic N) is 1. The molecule has 0 aliphatic carbocycles. The van der Waals surface area contributed by atoms with Gasteiger partial charge in [0.2, 0.25) is 0 Å². The van der Waals surface area contributed by atoms with Crippen molar-refractivity contribution in [2.24, 2.45) is 0 Å². The van der Waals surface area contributed by atoms with Crippen LogP contribution in [0.25, 0.3) is 11.6 Å². The van der Waals surface area contributed by atoms with Gasteiger partial charge in [-0.05, 0) is 38.1 Å². The van der Waals surface area contributed by atoms with Crippen LogP contribution in [0.3, 0.4) is 0 Å². The van der Waals surface area contributed by atoms with Gasteiger partial charge in [0, 0.05) is 16.1 Å². The molecule has 5 heteroatoms. The van der Waals surface area contributed by atoms with Gasteiger partial charge < -0.3 is 9.47 Å². The summed E-state index contributed by atoms with van der Waals surface area (Å²) in [5.41, 5.74) is 1.77. The molecule has 0 aliphatic rings. The highest BCUT2D eigenvalue weighted by Gasteiger charge is 2.13. The molecule has 0 fully saturated rings. The molecule has 0 saturated heterocycles. The SMILES string of the molecule is COc1cccc(/C=C(/C#N)c2ccc(Cl)cc2Cl)c1OC(C)C. The van der Waals surface area contributed by atoms with Crippen molar-refractivity contribution in [1.29, 1.82) is 5.26 Å². The topological polar surface area (TPSA) is 42.2 Å². The predicted octanol–water partition coefficient (Wildman–Crippen LogP) is 5.85. The number of allylic oxidation sites excluding steroid dienone is 1. The lowest BCUT2D eigenvalue weighted by Gasteiger charge is -2.16. The first-order valence-electron chi connectivity index (χ1n) is 7.37. The van der Waals surface area contributed by atoms with Gasteiger partial charge in [0.05, 0.1) is 29.9 Å². The molecule has 0 aliphatic heterocycles. The van der Waals surface area contributed by atoms with Gasteiger partial charge in [-0.15, -0.1) is 0 Å². The van der Waals surface area contributed by atoms with Crippen molar-refractivity contribution < 1.29 is 9.47 Å². The zero-order valence-electron chi connectivity index (χ0n) is 13.6. The molecule has 0 aromatic heterocycles. The molecule has 3 nitrogen and oxygen atoms in total. The molecule has 2 rings (SSSR count). The maximum Gasteiger partial charge on any atom is 0.168 e. The van der Waals surface area contributed by atoms with Crippen LogP contribution in [0.15, 0.2) is 36.4 Å². The third-order valence-corrected chi connectivity index (χ3v) is 3.77. The van der Waals surface area contributed by atoms with E-state index in [1.54, 1.807) is 31.4 Å². The highest BCUT2D eigenvalue weighted by atomic mass is 35.5. The minimum absolute atomic E-state index is 0.0295. The lowest BCUT2D eigenvalue weighted by molar-refractivity contribution is 0.229. The fourth-order valence-electron chi connectivity index (χ4n) is 2.20. The average molecular weight is 362 g/mol. The van der Waals surface area contributed by atoms with E-state index in [4.69, 9.17) is 32.7 Å². The Hall–Kier alpha value is -2.15. The molecule has 0 spiro atoms. The Morgan fingerprint density at radius 3 is 2.54 bits per heavy atom. The predicted molar refractivity (Wildman–Crippen MR) is 98.7 cm³/mol. The normalized spacial score (nSPS) is 11.3. The number of ether oxygens (including phenoxy) is 2. The average Bonchev–Trinajstić information content (AvgIpc) is 2.54. The van der Waals surface area contributed by atoms with Gasteiger partial charge in [-0.25, -0.2) is 0 Å². The monoisotopic (exact) mass is 361 g/mol. The first-order valence-corrected chi connectivity index (χ1v) is 8.12. The molecule has 0 bridgehead atoms. The van der Waals surface area contributed by atoms with E-state index in [-0.39, 0.29) is 6.10 Å². The van der Waals surface area contributed by atoms with Crippen molar-refractivity contribution in [3.8, 4) is 17.6 Å².